The van der Waals surface area contributed by atoms with Crippen molar-refractivity contribution in [1.82, 2.24) is 5.32 Å². The highest BCUT2D eigenvalue weighted by molar-refractivity contribution is 5.87. The van der Waals surface area contributed by atoms with E-state index in [-0.39, 0.29) is 6.42 Å². The number of halogens is 3. The summed E-state index contributed by atoms with van der Waals surface area (Å²) in [5.74, 6) is -3.68. The molecule has 0 heterocycles. The van der Waals surface area contributed by atoms with Crippen LogP contribution in [0.3, 0.4) is 0 Å². The van der Waals surface area contributed by atoms with Gasteiger partial charge in [0.2, 0.25) is 0 Å². The third-order valence-corrected chi connectivity index (χ3v) is 2.71. The summed E-state index contributed by atoms with van der Waals surface area (Å²) in [6.45, 7) is 0. The van der Waals surface area contributed by atoms with E-state index in [4.69, 9.17) is 5.11 Å². The summed E-state index contributed by atoms with van der Waals surface area (Å²) < 4.78 is 36.1. The Morgan fingerprint density at radius 3 is 2.50 bits per heavy atom. The quantitative estimate of drug-likeness (QED) is 0.764. The van der Waals surface area contributed by atoms with E-state index in [1.165, 1.54) is 5.32 Å². The lowest BCUT2D eigenvalue weighted by Crippen LogP contribution is -2.47. The van der Waals surface area contributed by atoms with E-state index in [1.807, 2.05) is 6.08 Å². The van der Waals surface area contributed by atoms with Gasteiger partial charge in [0.15, 0.2) is 0 Å². The standard InChI is InChI=1S/C11H14F3NO3/c12-11(13,14)10(18)15-8(9(16)17)6-7-4-2-1-3-5-7/h4,8H,1-3,5-6H2,(H,15,18)(H,16,17)/t8-/m0/s1. The van der Waals surface area contributed by atoms with Crippen LogP contribution in [0.5, 0.6) is 0 Å². The predicted molar refractivity (Wildman–Crippen MR) is 56.8 cm³/mol. The molecule has 0 unspecified atom stereocenters. The topological polar surface area (TPSA) is 66.4 Å². The first-order valence-electron chi connectivity index (χ1n) is 5.59. The Labute approximate surface area is 102 Å². The zero-order valence-corrected chi connectivity index (χ0v) is 9.59. The van der Waals surface area contributed by atoms with Gasteiger partial charge in [0.25, 0.3) is 0 Å². The Bertz CT molecular complexity index is 363. The number of amides is 1. The minimum atomic E-state index is -5.06. The number of aliphatic carboxylic acids is 1. The third-order valence-electron chi connectivity index (χ3n) is 2.71. The van der Waals surface area contributed by atoms with Gasteiger partial charge in [-0.1, -0.05) is 11.6 Å². The van der Waals surface area contributed by atoms with Crippen molar-refractivity contribution < 1.29 is 27.9 Å². The first kappa shape index (κ1) is 14.5. The van der Waals surface area contributed by atoms with Gasteiger partial charge in [-0.3, -0.25) is 4.79 Å². The SMILES string of the molecule is O=C(O)[C@H](CC1=CCCCC1)NC(=O)C(F)(F)F. The summed E-state index contributed by atoms with van der Waals surface area (Å²) in [6, 6.07) is -1.52. The summed E-state index contributed by atoms with van der Waals surface area (Å²) in [6.07, 6.45) is 0.0626. The highest BCUT2D eigenvalue weighted by Crippen LogP contribution is 2.22. The molecule has 0 aromatic rings. The first-order valence-corrected chi connectivity index (χ1v) is 5.59. The van der Waals surface area contributed by atoms with Crippen molar-refractivity contribution in [3.05, 3.63) is 11.6 Å². The second-order valence-corrected chi connectivity index (χ2v) is 4.17. The highest BCUT2D eigenvalue weighted by atomic mass is 19.4. The fourth-order valence-corrected chi connectivity index (χ4v) is 1.79. The van der Waals surface area contributed by atoms with Crippen molar-refractivity contribution in [3.63, 3.8) is 0 Å². The fourth-order valence-electron chi connectivity index (χ4n) is 1.79. The molecule has 0 saturated carbocycles. The van der Waals surface area contributed by atoms with Crippen molar-refractivity contribution >= 4 is 11.9 Å². The normalized spacial score (nSPS) is 17.8. The van der Waals surface area contributed by atoms with Crippen molar-refractivity contribution in [2.24, 2.45) is 0 Å². The van der Waals surface area contributed by atoms with Crippen molar-refractivity contribution in [3.8, 4) is 0 Å². The lowest BCUT2D eigenvalue weighted by molar-refractivity contribution is -0.175. The maximum absolute atomic E-state index is 12.0. The summed E-state index contributed by atoms with van der Waals surface area (Å²) in [5.41, 5.74) is 0.788. The van der Waals surface area contributed by atoms with Crippen molar-refractivity contribution in [2.45, 2.75) is 44.3 Å². The van der Waals surface area contributed by atoms with Crippen molar-refractivity contribution in [1.29, 1.82) is 0 Å². The van der Waals surface area contributed by atoms with Crippen LogP contribution in [0.15, 0.2) is 11.6 Å². The summed E-state index contributed by atoms with van der Waals surface area (Å²) in [7, 11) is 0. The predicted octanol–water partition coefficient (Wildman–Crippen LogP) is 2.01. The van der Waals surface area contributed by atoms with Gasteiger partial charge in [0, 0.05) is 0 Å². The lowest BCUT2D eigenvalue weighted by Gasteiger charge is -2.19. The van der Waals surface area contributed by atoms with Crippen LogP contribution in [-0.4, -0.2) is 29.2 Å². The molecular formula is C11H14F3NO3. The summed E-state index contributed by atoms with van der Waals surface area (Å²) in [4.78, 5) is 21.5. The van der Waals surface area contributed by atoms with Crippen LogP contribution in [0.1, 0.15) is 32.1 Å². The van der Waals surface area contributed by atoms with Crippen LogP contribution in [-0.2, 0) is 9.59 Å². The number of alkyl halides is 3. The Kier molecular flexibility index (Phi) is 4.75. The highest BCUT2D eigenvalue weighted by Gasteiger charge is 2.40. The molecular weight excluding hydrogens is 251 g/mol. The maximum atomic E-state index is 12.0. The number of carbonyl (C=O) groups excluding carboxylic acids is 1. The van der Waals surface area contributed by atoms with Gasteiger partial charge < -0.3 is 10.4 Å². The Morgan fingerprint density at radius 2 is 2.06 bits per heavy atom. The number of rotatable bonds is 4. The smallest absolute Gasteiger partial charge is 0.471 e. The third kappa shape index (κ3) is 4.38. The van der Waals surface area contributed by atoms with Crippen LogP contribution in [0, 0.1) is 0 Å². The average molecular weight is 265 g/mol. The molecule has 102 valence electrons. The molecule has 0 bridgehead atoms. The van der Waals surface area contributed by atoms with Crippen LogP contribution < -0.4 is 5.32 Å². The van der Waals surface area contributed by atoms with E-state index in [9.17, 15) is 22.8 Å². The van der Waals surface area contributed by atoms with E-state index >= 15 is 0 Å². The first-order chi connectivity index (χ1) is 8.30. The lowest BCUT2D eigenvalue weighted by atomic mass is 9.94. The molecule has 18 heavy (non-hydrogen) atoms. The number of hydrogen-bond donors (Lipinski definition) is 2. The molecule has 4 nitrogen and oxygen atoms in total. The molecule has 0 aliphatic heterocycles. The van der Waals surface area contributed by atoms with E-state index in [0.29, 0.717) is 6.42 Å². The minimum Gasteiger partial charge on any atom is -0.480 e. The molecule has 0 aromatic carbocycles. The van der Waals surface area contributed by atoms with E-state index in [0.717, 1.165) is 24.8 Å². The molecule has 0 radical (unpaired) electrons. The number of allylic oxidation sites excluding steroid dienone is 1. The van der Waals surface area contributed by atoms with Gasteiger partial charge in [-0.25, -0.2) is 4.79 Å². The van der Waals surface area contributed by atoms with Gasteiger partial charge in [-0.15, -0.1) is 0 Å². The molecule has 1 amide bonds. The monoisotopic (exact) mass is 265 g/mol. The minimum absolute atomic E-state index is 0.0723. The number of carbonyl (C=O) groups is 2. The van der Waals surface area contributed by atoms with Crippen LogP contribution in [0.25, 0.3) is 0 Å². The number of hydrogen-bond acceptors (Lipinski definition) is 2. The maximum Gasteiger partial charge on any atom is 0.471 e. The van der Waals surface area contributed by atoms with Gasteiger partial charge >= 0.3 is 18.1 Å². The van der Waals surface area contributed by atoms with Gasteiger partial charge in [-0.05, 0) is 32.1 Å². The molecule has 1 atom stereocenters. The Balaban J connectivity index is 2.63. The molecule has 0 aromatic heterocycles. The Hall–Kier alpha value is -1.53. The molecule has 0 saturated heterocycles. The van der Waals surface area contributed by atoms with E-state index in [1.54, 1.807) is 0 Å². The second kappa shape index (κ2) is 5.88. The molecule has 0 spiro atoms. The molecule has 0 fully saturated rings. The number of carboxylic acids is 1. The van der Waals surface area contributed by atoms with Gasteiger partial charge in [0.05, 0.1) is 0 Å². The second-order valence-electron chi connectivity index (χ2n) is 4.17. The van der Waals surface area contributed by atoms with E-state index < -0.39 is 24.1 Å². The Morgan fingerprint density at radius 1 is 1.39 bits per heavy atom. The van der Waals surface area contributed by atoms with Crippen LogP contribution in [0.2, 0.25) is 0 Å². The zero-order chi connectivity index (χ0) is 13.8. The fraction of sp³-hybridized carbons (Fsp3) is 0.636. The van der Waals surface area contributed by atoms with Crippen LogP contribution in [0.4, 0.5) is 13.2 Å². The van der Waals surface area contributed by atoms with Gasteiger partial charge in [-0.2, -0.15) is 13.2 Å². The molecule has 7 heteroatoms. The summed E-state index contributed by atoms with van der Waals surface area (Å²) in [5, 5.41) is 10.3. The molecule has 2 N–H and O–H groups in total. The molecule has 1 aliphatic rings. The largest absolute Gasteiger partial charge is 0.480 e. The van der Waals surface area contributed by atoms with Crippen molar-refractivity contribution in [2.75, 3.05) is 0 Å². The molecule has 1 aliphatic carbocycles. The number of nitrogens with one attached hydrogen (secondary N) is 1. The molecule has 1 rings (SSSR count). The van der Waals surface area contributed by atoms with Crippen LogP contribution >= 0.6 is 0 Å². The average Bonchev–Trinajstić information content (AvgIpc) is 2.28. The zero-order valence-electron chi connectivity index (χ0n) is 9.59. The number of carboxylic acid groups (broad SMARTS) is 1. The van der Waals surface area contributed by atoms with E-state index in [2.05, 4.69) is 0 Å². The van der Waals surface area contributed by atoms with Gasteiger partial charge in [0.1, 0.15) is 6.04 Å². The summed E-state index contributed by atoms with van der Waals surface area (Å²) >= 11 is 0.